The molecule has 49 heavy (non-hydrogen) atoms. The fourth-order valence-electron chi connectivity index (χ4n) is 5.44. The second-order valence-corrected chi connectivity index (χ2v) is 11.2. The van der Waals surface area contributed by atoms with Crippen molar-refractivity contribution in [2.45, 2.75) is 43.1 Å². The van der Waals surface area contributed by atoms with Gasteiger partial charge in [0.2, 0.25) is 0 Å². The maximum absolute atomic E-state index is 15.4. The molecule has 3 aromatic carbocycles. The van der Waals surface area contributed by atoms with E-state index in [2.05, 4.69) is 5.32 Å². The van der Waals surface area contributed by atoms with Crippen molar-refractivity contribution in [1.82, 2.24) is 10.6 Å². The first kappa shape index (κ1) is 37.1. The normalized spacial score (nSPS) is 17.4. The Balaban J connectivity index is 1.48. The highest BCUT2D eigenvalue weighted by Gasteiger charge is 2.37. The molecule has 1 saturated heterocycles. The molecule has 1 aliphatic heterocycles. The topological polar surface area (TPSA) is 141 Å². The molecule has 1 fully saturated rings. The lowest BCUT2D eigenvalue weighted by Gasteiger charge is -2.31. The molecule has 11 nitrogen and oxygen atoms in total. The van der Waals surface area contributed by atoms with Crippen LogP contribution in [0.4, 0.5) is 32.8 Å². The Morgan fingerprint density at radius 1 is 1.02 bits per heavy atom. The maximum atomic E-state index is 15.4. The van der Waals surface area contributed by atoms with Gasteiger partial charge < -0.3 is 35.3 Å². The fourth-order valence-corrected chi connectivity index (χ4v) is 5.44. The van der Waals surface area contributed by atoms with Crippen LogP contribution in [0.15, 0.2) is 72.8 Å². The van der Waals surface area contributed by atoms with Crippen LogP contribution in [-0.2, 0) is 25.4 Å². The lowest BCUT2D eigenvalue weighted by atomic mass is 9.84. The lowest BCUT2D eigenvalue weighted by molar-refractivity contribution is -0.124. The van der Waals surface area contributed by atoms with E-state index in [-0.39, 0.29) is 43.9 Å². The summed E-state index contributed by atoms with van der Waals surface area (Å²) < 4.78 is 73.1. The summed E-state index contributed by atoms with van der Waals surface area (Å²) >= 11 is 0. The molecule has 0 aliphatic carbocycles. The van der Waals surface area contributed by atoms with Gasteiger partial charge in [0.1, 0.15) is 24.7 Å². The summed E-state index contributed by atoms with van der Waals surface area (Å²) in [5.74, 6) is -1.58. The number of nitrogens with two attached hydrogens (primary N) is 1. The Labute approximate surface area is 280 Å². The zero-order chi connectivity index (χ0) is 35.6. The first-order valence-corrected chi connectivity index (χ1v) is 15.4. The number of rotatable bonds is 12. The third-order valence-corrected chi connectivity index (χ3v) is 7.92. The summed E-state index contributed by atoms with van der Waals surface area (Å²) in [6.07, 6.45) is -6.96. The molecule has 4 atom stereocenters. The summed E-state index contributed by atoms with van der Waals surface area (Å²) in [6, 6.07) is 18.3. The highest BCUT2D eigenvalue weighted by molar-refractivity contribution is 6.15. The van der Waals surface area contributed by atoms with Crippen molar-refractivity contribution >= 4 is 23.8 Å². The van der Waals surface area contributed by atoms with Crippen molar-refractivity contribution in [3.05, 3.63) is 95.3 Å². The molecule has 264 valence electrons. The molecule has 0 aromatic heterocycles. The molecule has 4 N–H and O–H groups in total. The fraction of sp³-hybridized carbons (Fsp3) is 0.382. The molecule has 0 radical (unpaired) electrons. The third kappa shape index (κ3) is 10.1. The summed E-state index contributed by atoms with van der Waals surface area (Å²) in [7, 11) is 2.64. The van der Waals surface area contributed by atoms with E-state index in [1.54, 1.807) is 41.7 Å². The molecule has 4 rings (SSSR count). The summed E-state index contributed by atoms with van der Waals surface area (Å²) in [6.45, 7) is -1.42. The number of imide groups is 1. The van der Waals surface area contributed by atoms with E-state index in [1.807, 2.05) is 18.2 Å². The summed E-state index contributed by atoms with van der Waals surface area (Å²) in [5, 5.41) is 4.71. The number of hydrogen-bond donors (Lipinski definition) is 3. The van der Waals surface area contributed by atoms with Gasteiger partial charge in [0.25, 0.3) is 5.91 Å². The zero-order valence-corrected chi connectivity index (χ0v) is 26.9. The second-order valence-electron chi connectivity index (χ2n) is 11.2. The predicted octanol–water partition coefficient (Wildman–Crippen LogP) is 4.67. The standard InChI is InChI=1S/C34H38F4N4O7/c1-46-24-13-11-22(12-14-24)29(21-7-4-3-5-8-21)30(39)31(43)42(33(45)47-2)28-10-6-9-27(35)26(28)16-15-25-17-40-23(18-48-25)19-49-32(44)41-20-34(36,37)38/h3-14,23,25,29-30,40H,15-20,39H2,1-2H3,(H,41,44)/t23-,25+,29+,30-/m0/s1. The molecule has 1 heterocycles. The zero-order valence-electron chi connectivity index (χ0n) is 26.9. The Bertz CT molecular complexity index is 1550. The van der Waals surface area contributed by atoms with E-state index < -0.39 is 60.7 Å². The minimum absolute atomic E-state index is 0.0336. The van der Waals surface area contributed by atoms with Crippen LogP contribution < -0.4 is 26.0 Å². The van der Waals surface area contributed by atoms with Gasteiger partial charge in [-0.3, -0.25) is 4.79 Å². The Kier molecular flexibility index (Phi) is 12.9. The minimum atomic E-state index is -4.56. The quantitative estimate of drug-likeness (QED) is 0.231. The highest BCUT2D eigenvalue weighted by Crippen LogP contribution is 2.33. The number of nitrogens with zero attached hydrogens (tertiary/aromatic N) is 1. The molecule has 1 aliphatic rings. The number of amides is 3. The number of alkyl halides is 3. The minimum Gasteiger partial charge on any atom is -0.497 e. The Hall–Kier alpha value is -4.73. The summed E-state index contributed by atoms with van der Waals surface area (Å²) in [5.41, 5.74) is 8.08. The van der Waals surface area contributed by atoms with Gasteiger partial charge in [0.05, 0.1) is 44.7 Å². The molecular formula is C34H38F4N4O7. The van der Waals surface area contributed by atoms with Crippen LogP contribution in [0.3, 0.4) is 0 Å². The largest absolute Gasteiger partial charge is 0.497 e. The monoisotopic (exact) mass is 690 g/mol. The van der Waals surface area contributed by atoms with E-state index in [0.29, 0.717) is 16.9 Å². The van der Waals surface area contributed by atoms with Crippen molar-refractivity contribution in [1.29, 1.82) is 0 Å². The van der Waals surface area contributed by atoms with E-state index in [9.17, 15) is 27.6 Å². The number of methoxy groups -OCH3 is 2. The predicted molar refractivity (Wildman–Crippen MR) is 171 cm³/mol. The highest BCUT2D eigenvalue weighted by atomic mass is 19.4. The van der Waals surface area contributed by atoms with Crippen LogP contribution in [0.5, 0.6) is 5.75 Å². The van der Waals surface area contributed by atoms with E-state index in [1.165, 1.54) is 25.3 Å². The Morgan fingerprint density at radius 2 is 1.71 bits per heavy atom. The van der Waals surface area contributed by atoms with Gasteiger partial charge in [-0.1, -0.05) is 48.5 Å². The first-order valence-electron chi connectivity index (χ1n) is 15.4. The molecule has 0 bridgehead atoms. The van der Waals surface area contributed by atoms with Crippen LogP contribution in [-0.4, -0.2) is 83.0 Å². The number of hydrogen-bond acceptors (Lipinski definition) is 9. The molecule has 0 unspecified atom stereocenters. The van der Waals surface area contributed by atoms with Gasteiger partial charge in [-0.05, 0) is 48.2 Å². The molecule has 15 heteroatoms. The van der Waals surface area contributed by atoms with Crippen LogP contribution in [0.25, 0.3) is 0 Å². The van der Waals surface area contributed by atoms with Crippen molar-refractivity contribution < 1.29 is 50.9 Å². The number of carbonyl (C=O) groups excluding carboxylic acids is 3. The Morgan fingerprint density at radius 3 is 2.33 bits per heavy atom. The maximum Gasteiger partial charge on any atom is 0.420 e. The second kappa shape index (κ2) is 17.1. The van der Waals surface area contributed by atoms with Gasteiger partial charge in [-0.25, -0.2) is 18.9 Å². The average molecular weight is 691 g/mol. The molecule has 3 aromatic rings. The smallest absolute Gasteiger partial charge is 0.420 e. The number of carbonyl (C=O) groups is 3. The van der Waals surface area contributed by atoms with Crippen molar-refractivity contribution in [2.75, 3.05) is 45.4 Å². The van der Waals surface area contributed by atoms with Crippen LogP contribution >= 0.6 is 0 Å². The van der Waals surface area contributed by atoms with Gasteiger partial charge in [0.15, 0.2) is 0 Å². The number of anilines is 1. The van der Waals surface area contributed by atoms with Gasteiger partial charge in [-0.2, -0.15) is 13.2 Å². The van der Waals surface area contributed by atoms with Crippen molar-refractivity contribution in [3.63, 3.8) is 0 Å². The number of halogens is 4. The van der Waals surface area contributed by atoms with Crippen LogP contribution in [0.2, 0.25) is 0 Å². The van der Waals surface area contributed by atoms with Gasteiger partial charge in [0, 0.05) is 18.0 Å². The molecule has 3 amide bonds. The van der Waals surface area contributed by atoms with Crippen LogP contribution in [0.1, 0.15) is 29.0 Å². The number of morpholine rings is 1. The van der Waals surface area contributed by atoms with E-state index in [0.717, 1.165) is 12.0 Å². The first-order chi connectivity index (χ1) is 23.4. The lowest BCUT2D eigenvalue weighted by Crippen LogP contribution is -2.50. The number of ether oxygens (including phenoxy) is 4. The number of nitrogens with one attached hydrogen (secondary N) is 2. The van der Waals surface area contributed by atoms with Crippen LogP contribution in [0, 0.1) is 5.82 Å². The SMILES string of the molecule is COC(=O)N(C(=O)[C@@H](N)[C@H](c1ccccc1)c1ccc(OC)cc1)c1cccc(F)c1CC[C@@H]1CN[C@H](COC(=O)NCC(F)(F)F)CO1. The molecule has 0 spiro atoms. The third-order valence-electron chi connectivity index (χ3n) is 7.92. The van der Waals surface area contributed by atoms with E-state index in [4.69, 9.17) is 24.7 Å². The van der Waals surface area contributed by atoms with E-state index >= 15 is 4.39 Å². The summed E-state index contributed by atoms with van der Waals surface area (Å²) in [4.78, 5) is 39.7. The molecular weight excluding hydrogens is 652 g/mol. The van der Waals surface area contributed by atoms with Crippen molar-refractivity contribution in [3.8, 4) is 5.75 Å². The number of benzene rings is 3. The molecule has 0 saturated carbocycles. The average Bonchev–Trinajstić information content (AvgIpc) is 3.10. The van der Waals surface area contributed by atoms with Gasteiger partial charge in [-0.15, -0.1) is 0 Å². The number of alkyl carbamates (subject to hydrolysis) is 1. The van der Waals surface area contributed by atoms with Crippen molar-refractivity contribution in [2.24, 2.45) is 5.73 Å². The van der Waals surface area contributed by atoms with Gasteiger partial charge >= 0.3 is 18.4 Å².